The van der Waals surface area contributed by atoms with Crippen molar-refractivity contribution in [3.05, 3.63) is 23.6 Å². The van der Waals surface area contributed by atoms with Gasteiger partial charge in [0.15, 0.2) is 0 Å². The molecule has 0 aliphatic heterocycles. The molecule has 0 aliphatic carbocycles. The quantitative estimate of drug-likeness (QED) is 0.549. The molecule has 0 aromatic carbocycles. The number of hydrogen-bond acceptors (Lipinski definition) is 4. The number of esters is 1. The molecular weight excluding hydrogens is 175 g/mol. The molecule has 0 unspecified atom stereocenters. The highest BCUT2D eigenvalue weighted by Crippen LogP contribution is 2.07. The highest BCUT2D eigenvalue weighted by molar-refractivity contribution is 5.90. The summed E-state index contributed by atoms with van der Waals surface area (Å²) in [4.78, 5) is 14.4. The first-order chi connectivity index (χ1) is 6.13. The van der Waals surface area contributed by atoms with Crippen LogP contribution in [0.4, 0.5) is 10.2 Å². The molecule has 0 atom stereocenters. The predicted molar refractivity (Wildman–Crippen MR) is 44.6 cm³/mol. The molecule has 13 heavy (non-hydrogen) atoms. The zero-order chi connectivity index (χ0) is 9.84. The number of aromatic nitrogens is 1. The van der Waals surface area contributed by atoms with Crippen LogP contribution in [0.1, 0.15) is 17.3 Å². The summed E-state index contributed by atoms with van der Waals surface area (Å²) in [5.41, 5.74) is 5.31. The van der Waals surface area contributed by atoms with Gasteiger partial charge in [0.05, 0.1) is 12.2 Å². The first-order valence-electron chi connectivity index (χ1n) is 3.73. The smallest absolute Gasteiger partial charge is 0.338 e. The van der Waals surface area contributed by atoms with E-state index in [1.165, 1.54) is 6.07 Å². The van der Waals surface area contributed by atoms with Gasteiger partial charge >= 0.3 is 5.97 Å². The zero-order valence-corrected chi connectivity index (χ0v) is 7.08. The second-order valence-corrected chi connectivity index (χ2v) is 2.32. The van der Waals surface area contributed by atoms with Crippen LogP contribution in [-0.4, -0.2) is 17.6 Å². The Balaban J connectivity index is 2.94. The number of anilines is 1. The third-order valence-corrected chi connectivity index (χ3v) is 1.33. The van der Waals surface area contributed by atoms with Gasteiger partial charge in [0, 0.05) is 6.07 Å². The molecule has 0 bridgehead atoms. The van der Waals surface area contributed by atoms with E-state index < -0.39 is 11.9 Å². The fraction of sp³-hybridized carbons (Fsp3) is 0.250. The number of rotatable bonds is 2. The van der Waals surface area contributed by atoms with Gasteiger partial charge in [0.2, 0.25) is 5.95 Å². The van der Waals surface area contributed by atoms with Gasteiger partial charge < -0.3 is 10.5 Å². The molecule has 4 nitrogen and oxygen atoms in total. The van der Waals surface area contributed by atoms with Crippen LogP contribution < -0.4 is 5.73 Å². The Morgan fingerprint density at radius 1 is 1.69 bits per heavy atom. The number of pyridine rings is 1. The van der Waals surface area contributed by atoms with Crippen LogP contribution in [-0.2, 0) is 4.74 Å². The molecule has 5 heteroatoms. The summed E-state index contributed by atoms with van der Waals surface area (Å²) >= 11 is 0. The molecule has 0 radical (unpaired) electrons. The van der Waals surface area contributed by atoms with E-state index >= 15 is 0 Å². The minimum atomic E-state index is -0.789. The van der Waals surface area contributed by atoms with Gasteiger partial charge in [0.25, 0.3) is 0 Å². The highest BCUT2D eigenvalue weighted by Gasteiger charge is 2.08. The number of nitrogens with two attached hydrogens (primary N) is 1. The van der Waals surface area contributed by atoms with Gasteiger partial charge in [-0.2, -0.15) is 4.39 Å². The van der Waals surface area contributed by atoms with E-state index in [2.05, 4.69) is 9.72 Å². The molecule has 0 fully saturated rings. The number of halogens is 1. The number of carbonyl (C=O) groups excluding carboxylic acids is 1. The van der Waals surface area contributed by atoms with Crippen molar-refractivity contribution in [3.8, 4) is 0 Å². The largest absolute Gasteiger partial charge is 0.462 e. The van der Waals surface area contributed by atoms with E-state index in [-0.39, 0.29) is 18.0 Å². The van der Waals surface area contributed by atoms with Crippen molar-refractivity contribution in [2.24, 2.45) is 0 Å². The molecule has 1 aromatic rings. The number of hydrogen-bond donors (Lipinski definition) is 1. The molecule has 0 spiro atoms. The van der Waals surface area contributed by atoms with Crippen molar-refractivity contribution in [2.75, 3.05) is 12.3 Å². The lowest BCUT2D eigenvalue weighted by Gasteiger charge is -2.01. The molecule has 0 aliphatic rings. The van der Waals surface area contributed by atoms with Crippen LogP contribution in [0.5, 0.6) is 0 Å². The summed E-state index contributed by atoms with van der Waals surface area (Å²) in [6.45, 7) is 1.90. The second-order valence-electron chi connectivity index (χ2n) is 2.32. The normalized spacial score (nSPS) is 9.69. The number of nitrogen functional groups attached to an aromatic ring is 1. The fourth-order valence-electron chi connectivity index (χ4n) is 0.849. The molecule has 70 valence electrons. The van der Waals surface area contributed by atoms with Crippen LogP contribution in [0.25, 0.3) is 0 Å². The lowest BCUT2D eigenvalue weighted by Crippen LogP contribution is -2.07. The molecule has 2 N–H and O–H groups in total. The average Bonchev–Trinajstić information content (AvgIpc) is 2.03. The first kappa shape index (κ1) is 9.44. The Kier molecular flexibility index (Phi) is 2.79. The van der Waals surface area contributed by atoms with Crippen LogP contribution >= 0.6 is 0 Å². The first-order valence-corrected chi connectivity index (χ1v) is 3.73. The van der Waals surface area contributed by atoms with E-state index in [0.29, 0.717) is 0 Å². The standard InChI is InChI=1S/C8H9FN2O2/c1-2-13-8(12)5-3-6(9)11-7(10)4-5/h3-4H,2H2,1H3,(H2,10,11). The van der Waals surface area contributed by atoms with Gasteiger partial charge in [-0.3, -0.25) is 0 Å². The number of carbonyl (C=O) groups is 1. The third kappa shape index (κ3) is 2.40. The third-order valence-electron chi connectivity index (χ3n) is 1.33. The summed E-state index contributed by atoms with van der Waals surface area (Å²) in [5, 5.41) is 0. The highest BCUT2D eigenvalue weighted by atomic mass is 19.1. The second kappa shape index (κ2) is 3.84. The van der Waals surface area contributed by atoms with Crippen molar-refractivity contribution in [1.82, 2.24) is 4.98 Å². The SMILES string of the molecule is CCOC(=O)c1cc(N)nc(F)c1. The summed E-state index contributed by atoms with van der Waals surface area (Å²) in [6.07, 6.45) is 0. The Morgan fingerprint density at radius 3 is 2.92 bits per heavy atom. The molecular formula is C8H9FN2O2. The summed E-state index contributed by atoms with van der Waals surface area (Å²) < 4.78 is 17.3. The van der Waals surface area contributed by atoms with E-state index in [0.717, 1.165) is 6.07 Å². The van der Waals surface area contributed by atoms with Crippen molar-refractivity contribution < 1.29 is 13.9 Å². The van der Waals surface area contributed by atoms with Crippen LogP contribution in [0.3, 0.4) is 0 Å². The predicted octanol–water partition coefficient (Wildman–Crippen LogP) is 0.980. The molecule has 0 saturated carbocycles. The zero-order valence-electron chi connectivity index (χ0n) is 7.08. The Hall–Kier alpha value is -1.65. The number of nitrogens with zero attached hydrogens (tertiary/aromatic N) is 1. The van der Waals surface area contributed by atoms with Crippen molar-refractivity contribution in [3.63, 3.8) is 0 Å². The van der Waals surface area contributed by atoms with Gasteiger partial charge in [-0.05, 0) is 13.0 Å². The molecule has 1 rings (SSSR count). The minimum Gasteiger partial charge on any atom is -0.462 e. The van der Waals surface area contributed by atoms with Crippen molar-refractivity contribution >= 4 is 11.8 Å². The fourth-order valence-corrected chi connectivity index (χ4v) is 0.849. The topological polar surface area (TPSA) is 65.2 Å². The van der Waals surface area contributed by atoms with Crippen LogP contribution in [0.15, 0.2) is 12.1 Å². The van der Waals surface area contributed by atoms with E-state index in [4.69, 9.17) is 5.73 Å². The Bertz CT molecular complexity index is 308. The molecule has 1 aromatic heterocycles. The summed E-state index contributed by atoms with van der Waals surface area (Å²) in [5.74, 6) is -1.43. The van der Waals surface area contributed by atoms with Crippen molar-refractivity contribution in [2.45, 2.75) is 6.92 Å². The van der Waals surface area contributed by atoms with E-state index in [9.17, 15) is 9.18 Å². The summed E-state index contributed by atoms with van der Waals surface area (Å²) in [7, 11) is 0. The van der Waals surface area contributed by atoms with Gasteiger partial charge in [-0.1, -0.05) is 0 Å². The average molecular weight is 184 g/mol. The Labute approximate surface area is 74.5 Å². The maximum atomic E-state index is 12.6. The van der Waals surface area contributed by atoms with E-state index in [1.54, 1.807) is 6.92 Å². The van der Waals surface area contributed by atoms with Gasteiger partial charge in [-0.25, -0.2) is 9.78 Å². The lowest BCUT2D eigenvalue weighted by atomic mass is 10.2. The van der Waals surface area contributed by atoms with Gasteiger partial charge in [-0.15, -0.1) is 0 Å². The molecule has 0 amide bonds. The van der Waals surface area contributed by atoms with E-state index in [1.807, 2.05) is 0 Å². The van der Waals surface area contributed by atoms with Crippen LogP contribution in [0.2, 0.25) is 0 Å². The number of ether oxygens (including phenoxy) is 1. The van der Waals surface area contributed by atoms with Crippen molar-refractivity contribution in [1.29, 1.82) is 0 Å². The van der Waals surface area contributed by atoms with Crippen LogP contribution in [0, 0.1) is 5.95 Å². The summed E-state index contributed by atoms with van der Waals surface area (Å²) in [6, 6.07) is 2.25. The van der Waals surface area contributed by atoms with Gasteiger partial charge in [0.1, 0.15) is 5.82 Å². The molecule has 0 saturated heterocycles. The molecule has 1 heterocycles. The maximum Gasteiger partial charge on any atom is 0.338 e. The maximum absolute atomic E-state index is 12.6. The minimum absolute atomic E-state index is 0.0388. The lowest BCUT2D eigenvalue weighted by molar-refractivity contribution is 0.0525. The monoisotopic (exact) mass is 184 g/mol. The Morgan fingerprint density at radius 2 is 2.38 bits per heavy atom.